The van der Waals surface area contributed by atoms with Gasteiger partial charge in [-0.15, -0.1) is 0 Å². The third-order valence-corrected chi connectivity index (χ3v) is 3.62. The van der Waals surface area contributed by atoms with Crippen molar-refractivity contribution < 1.29 is 14.9 Å². The Morgan fingerprint density at radius 1 is 1.00 bits per heavy atom. The van der Waals surface area contributed by atoms with E-state index in [-0.39, 0.29) is 17.5 Å². The number of phenolic OH excluding ortho intramolecular Hbond substituents is 2. The molecule has 0 aliphatic carbocycles. The summed E-state index contributed by atoms with van der Waals surface area (Å²) >= 11 is 0. The van der Waals surface area contributed by atoms with E-state index in [1.807, 2.05) is 32.9 Å². The van der Waals surface area contributed by atoms with Crippen molar-refractivity contribution in [3.8, 4) is 17.2 Å². The third kappa shape index (κ3) is 3.21. The van der Waals surface area contributed by atoms with Crippen LogP contribution in [0.4, 0.5) is 5.69 Å². The monoisotopic (exact) mass is 287 g/mol. The first-order valence-electron chi connectivity index (χ1n) is 6.86. The Morgan fingerprint density at radius 3 is 2.38 bits per heavy atom. The van der Waals surface area contributed by atoms with Crippen molar-refractivity contribution in [2.75, 3.05) is 12.4 Å². The van der Waals surface area contributed by atoms with Crippen LogP contribution in [0.1, 0.15) is 29.7 Å². The summed E-state index contributed by atoms with van der Waals surface area (Å²) in [7, 11) is 1.60. The third-order valence-electron chi connectivity index (χ3n) is 3.62. The van der Waals surface area contributed by atoms with Crippen molar-refractivity contribution in [3.05, 3.63) is 47.0 Å². The van der Waals surface area contributed by atoms with Crippen molar-refractivity contribution in [2.45, 2.75) is 26.8 Å². The Hall–Kier alpha value is -2.36. The smallest absolute Gasteiger partial charge is 0.121 e. The van der Waals surface area contributed by atoms with Gasteiger partial charge in [0.25, 0.3) is 0 Å². The summed E-state index contributed by atoms with van der Waals surface area (Å²) in [6, 6.07) is 8.70. The lowest BCUT2D eigenvalue weighted by Crippen LogP contribution is -2.08. The molecule has 1 atom stereocenters. The van der Waals surface area contributed by atoms with Gasteiger partial charge < -0.3 is 20.3 Å². The summed E-state index contributed by atoms with van der Waals surface area (Å²) < 4.78 is 5.20. The van der Waals surface area contributed by atoms with Crippen molar-refractivity contribution in [1.29, 1.82) is 0 Å². The molecule has 21 heavy (non-hydrogen) atoms. The van der Waals surface area contributed by atoms with E-state index in [1.54, 1.807) is 25.3 Å². The molecule has 2 aromatic carbocycles. The van der Waals surface area contributed by atoms with Crippen LogP contribution >= 0.6 is 0 Å². The summed E-state index contributed by atoms with van der Waals surface area (Å²) in [6.07, 6.45) is 0. The van der Waals surface area contributed by atoms with Crippen LogP contribution in [-0.2, 0) is 0 Å². The molecular formula is C17H21NO3. The van der Waals surface area contributed by atoms with Gasteiger partial charge in [0, 0.05) is 11.3 Å². The molecule has 0 aliphatic heterocycles. The maximum Gasteiger partial charge on any atom is 0.121 e. The van der Waals surface area contributed by atoms with Crippen LogP contribution in [0.25, 0.3) is 0 Å². The molecule has 0 heterocycles. The maximum absolute atomic E-state index is 10.0. The molecule has 0 saturated heterocycles. The number of methoxy groups -OCH3 is 1. The van der Waals surface area contributed by atoms with Crippen molar-refractivity contribution in [1.82, 2.24) is 0 Å². The summed E-state index contributed by atoms with van der Waals surface area (Å²) in [6.45, 7) is 5.75. The molecule has 1 unspecified atom stereocenters. The Balaban J connectivity index is 2.30. The van der Waals surface area contributed by atoms with Crippen LogP contribution < -0.4 is 10.1 Å². The second kappa shape index (κ2) is 5.95. The Kier molecular flexibility index (Phi) is 4.26. The fourth-order valence-corrected chi connectivity index (χ4v) is 2.27. The zero-order chi connectivity index (χ0) is 15.6. The van der Waals surface area contributed by atoms with E-state index in [0.29, 0.717) is 5.75 Å². The largest absolute Gasteiger partial charge is 0.508 e. The van der Waals surface area contributed by atoms with Crippen molar-refractivity contribution >= 4 is 5.69 Å². The Bertz CT molecular complexity index is 653. The van der Waals surface area contributed by atoms with Crippen LogP contribution in [0.5, 0.6) is 17.2 Å². The summed E-state index contributed by atoms with van der Waals surface area (Å²) in [4.78, 5) is 0. The van der Waals surface area contributed by atoms with Gasteiger partial charge in [0.15, 0.2) is 0 Å². The molecule has 0 amide bonds. The second-order valence-electron chi connectivity index (χ2n) is 5.24. The standard InChI is InChI=1S/C17H21NO3/c1-10-8-17(20)11(2)7-15(10)18-12(3)14-9-13(21-4)5-6-16(14)19/h5-9,12,18-20H,1-4H3. The van der Waals surface area contributed by atoms with Crippen LogP contribution in [-0.4, -0.2) is 17.3 Å². The summed E-state index contributed by atoms with van der Waals surface area (Å²) in [5, 5.41) is 23.1. The number of hydrogen-bond donors (Lipinski definition) is 3. The minimum atomic E-state index is -0.0947. The first-order chi connectivity index (χ1) is 9.92. The van der Waals surface area contributed by atoms with Crippen LogP contribution in [0, 0.1) is 13.8 Å². The molecular weight excluding hydrogens is 266 g/mol. The number of rotatable bonds is 4. The predicted molar refractivity (Wildman–Crippen MR) is 84.3 cm³/mol. The first-order valence-corrected chi connectivity index (χ1v) is 6.86. The van der Waals surface area contributed by atoms with E-state index in [1.165, 1.54) is 0 Å². The molecule has 0 radical (unpaired) electrons. The van der Waals surface area contributed by atoms with Crippen LogP contribution in [0.2, 0.25) is 0 Å². The van der Waals surface area contributed by atoms with E-state index in [9.17, 15) is 10.2 Å². The highest BCUT2D eigenvalue weighted by Crippen LogP contribution is 2.32. The molecule has 4 nitrogen and oxygen atoms in total. The second-order valence-corrected chi connectivity index (χ2v) is 5.24. The lowest BCUT2D eigenvalue weighted by atomic mass is 10.0. The number of hydrogen-bond acceptors (Lipinski definition) is 4. The number of benzene rings is 2. The van der Waals surface area contributed by atoms with Gasteiger partial charge >= 0.3 is 0 Å². The molecule has 0 spiro atoms. The zero-order valence-corrected chi connectivity index (χ0v) is 12.8. The van der Waals surface area contributed by atoms with Gasteiger partial charge in [-0.05, 0) is 62.2 Å². The van der Waals surface area contributed by atoms with Gasteiger partial charge in [0.2, 0.25) is 0 Å². The van der Waals surface area contributed by atoms with Crippen LogP contribution in [0.15, 0.2) is 30.3 Å². The number of nitrogens with one attached hydrogen (secondary N) is 1. The number of phenols is 2. The van der Waals surface area contributed by atoms with Crippen LogP contribution in [0.3, 0.4) is 0 Å². The minimum absolute atomic E-state index is 0.0947. The molecule has 2 rings (SSSR count). The highest BCUT2D eigenvalue weighted by atomic mass is 16.5. The molecule has 0 aromatic heterocycles. The van der Waals surface area contributed by atoms with E-state index in [2.05, 4.69) is 5.32 Å². The molecule has 3 N–H and O–H groups in total. The molecule has 2 aromatic rings. The lowest BCUT2D eigenvalue weighted by Gasteiger charge is -2.20. The molecule has 0 fully saturated rings. The fourth-order valence-electron chi connectivity index (χ4n) is 2.27. The van der Waals surface area contributed by atoms with Gasteiger partial charge in [-0.3, -0.25) is 0 Å². The summed E-state index contributed by atoms with van der Waals surface area (Å²) in [5.41, 5.74) is 3.46. The average molecular weight is 287 g/mol. The van der Waals surface area contributed by atoms with Gasteiger partial charge in [-0.25, -0.2) is 0 Å². The van der Waals surface area contributed by atoms with E-state index in [4.69, 9.17) is 4.74 Å². The van der Waals surface area contributed by atoms with E-state index >= 15 is 0 Å². The topological polar surface area (TPSA) is 61.7 Å². The summed E-state index contributed by atoms with van der Waals surface area (Å²) in [5.74, 6) is 1.22. The minimum Gasteiger partial charge on any atom is -0.508 e. The maximum atomic E-state index is 10.0. The van der Waals surface area contributed by atoms with Gasteiger partial charge in [0.05, 0.1) is 13.2 Å². The SMILES string of the molecule is COc1ccc(O)c(C(C)Nc2cc(C)c(O)cc2C)c1. The number of aromatic hydroxyl groups is 2. The highest BCUT2D eigenvalue weighted by Gasteiger charge is 2.13. The molecule has 112 valence electrons. The number of aryl methyl sites for hydroxylation is 2. The molecule has 0 aliphatic rings. The Labute approximate surface area is 125 Å². The van der Waals surface area contributed by atoms with E-state index in [0.717, 1.165) is 22.4 Å². The lowest BCUT2D eigenvalue weighted by molar-refractivity contribution is 0.410. The normalized spacial score (nSPS) is 12.0. The quantitative estimate of drug-likeness (QED) is 0.746. The highest BCUT2D eigenvalue weighted by molar-refractivity contribution is 5.58. The zero-order valence-electron chi connectivity index (χ0n) is 12.8. The molecule has 0 bridgehead atoms. The Morgan fingerprint density at radius 2 is 1.71 bits per heavy atom. The van der Waals surface area contributed by atoms with Crippen molar-refractivity contribution in [3.63, 3.8) is 0 Å². The molecule has 4 heteroatoms. The molecule has 0 saturated carbocycles. The predicted octanol–water partition coefficient (Wildman–Crippen LogP) is 3.90. The number of ether oxygens (including phenoxy) is 1. The van der Waals surface area contributed by atoms with Crippen molar-refractivity contribution in [2.24, 2.45) is 0 Å². The fraction of sp³-hybridized carbons (Fsp3) is 0.294. The average Bonchev–Trinajstić information content (AvgIpc) is 2.45. The first kappa shape index (κ1) is 15.0. The van der Waals surface area contributed by atoms with Gasteiger partial charge in [-0.1, -0.05) is 0 Å². The number of anilines is 1. The van der Waals surface area contributed by atoms with E-state index < -0.39 is 0 Å². The van der Waals surface area contributed by atoms with Gasteiger partial charge in [0.1, 0.15) is 17.2 Å². The van der Waals surface area contributed by atoms with Gasteiger partial charge in [-0.2, -0.15) is 0 Å².